The van der Waals surface area contributed by atoms with Gasteiger partial charge < -0.3 is 0 Å². The minimum absolute atomic E-state index is 0.212. The number of unbranched alkanes of at least 4 members (excludes halogenated alkanes) is 6. The molecule has 0 N–H and O–H groups in total. The van der Waals surface area contributed by atoms with Gasteiger partial charge in [-0.25, -0.2) is 4.39 Å². The van der Waals surface area contributed by atoms with Crippen molar-refractivity contribution < 1.29 is 4.39 Å². The maximum absolute atomic E-state index is 12.8. The second kappa shape index (κ2) is 8.82. The monoisotopic (exact) mass is 232 g/mol. The summed E-state index contributed by atoms with van der Waals surface area (Å²) in [6.07, 6.45) is 8.63. The molecule has 17 heavy (non-hydrogen) atoms. The third-order valence-corrected chi connectivity index (χ3v) is 2.71. The number of benzene rings is 1. The van der Waals surface area contributed by atoms with Gasteiger partial charge in [0.15, 0.2) is 0 Å². The quantitative estimate of drug-likeness (QED) is 0.482. The van der Waals surface area contributed by atoms with Crippen LogP contribution in [0.2, 0.25) is 0 Å². The third-order valence-electron chi connectivity index (χ3n) is 2.71. The molecular weight excluding hydrogens is 211 g/mol. The van der Waals surface area contributed by atoms with Crippen LogP contribution >= 0.6 is 0 Å². The molecular formula is C16H21F. The maximum Gasteiger partial charge on any atom is 0.124 e. The van der Waals surface area contributed by atoms with E-state index in [4.69, 9.17) is 0 Å². The van der Waals surface area contributed by atoms with Gasteiger partial charge in [-0.2, -0.15) is 0 Å². The van der Waals surface area contributed by atoms with Crippen molar-refractivity contribution in [2.45, 2.75) is 51.9 Å². The predicted octanol–water partition coefficient (Wildman–Crippen LogP) is 4.93. The Morgan fingerprint density at radius 1 is 1.06 bits per heavy atom. The van der Waals surface area contributed by atoms with Crippen molar-refractivity contribution in [1.82, 2.24) is 0 Å². The Morgan fingerprint density at radius 3 is 2.59 bits per heavy atom. The van der Waals surface area contributed by atoms with E-state index in [-0.39, 0.29) is 5.82 Å². The van der Waals surface area contributed by atoms with Crippen LogP contribution in [0.5, 0.6) is 0 Å². The van der Waals surface area contributed by atoms with Crippen molar-refractivity contribution in [1.29, 1.82) is 0 Å². The van der Waals surface area contributed by atoms with Crippen LogP contribution in [0.3, 0.4) is 0 Å². The van der Waals surface area contributed by atoms with Crippen molar-refractivity contribution in [3.8, 4) is 11.8 Å². The van der Waals surface area contributed by atoms with E-state index in [1.54, 1.807) is 6.07 Å². The largest absolute Gasteiger partial charge is 0.207 e. The molecule has 0 aliphatic heterocycles. The highest BCUT2D eigenvalue weighted by Gasteiger charge is 1.90. The minimum Gasteiger partial charge on any atom is -0.207 e. The molecule has 0 amide bonds. The minimum atomic E-state index is -0.212. The average molecular weight is 232 g/mol. The summed E-state index contributed by atoms with van der Waals surface area (Å²) >= 11 is 0. The third kappa shape index (κ3) is 6.79. The lowest BCUT2D eigenvalue weighted by Crippen LogP contribution is -1.79. The van der Waals surface area contributed by atoms with E-state index in [9.17, 15) is 4.39 Å². The highest BCUT2D eigenvalue weighted by atomic mass is 19.1. The van der Waals surface area contributed by atoms with Gasteiger partial charge in [0, 0.05) is 12.0 Å². The molecule has 0 unspecified atom stereocenters. The standard InChI is InChI=1S/C16H21F/c1-2-3-4-5-6-7-8-9-11-15-12-10-13-16(17)14-15/h10,12-14H,2-8H2,1H3. The van der Waals surface area contributed by atoms with Gasteiger partial charge in [0.1, 0.15) is 5.82 Å². The first-order valence-corrected chi connectivity index (χ1v) is 6.57. The van der Waals surface area contributed by atoms with Gasteiger partial charge in [0.25, 0.3) is 0 Å². The zero-order chi connectivity index (χ0) is 12.3. The molecule has 0 aliphatic carbocycles. The lowest BCUT2D eigenvalue weighted by molar-refractivity contribution is 0.614. The molecule has 92 valence electrons. The van der Waals surface area contributed by atoms with Gasteiger partial charge in [-0.1, -0.05) is 56.9 Å². The number of hydrogen-bond donors (Lipinski definition) is 0. The van der Waals surface area contributed by atoms with Gasteiger partial charge in [-0.05, 0) is 24.6 Å². The average Bonchev–Trinajstić information content (AvgIpc) is 2.33. The SMILES string of the molecule is CCCCCCCCC#Cc1cccc(F)c1. The molecule has 1 heteroatoms. The smallest absolute Gasteiger partial charge is 0.124 e. The van der Waals surface area contributed by atoms with Crippen molar-refractivity contribution in [3.05, 3.63) is 35.6 Å². The molecule has 0 spiro atoms. The van der Waals surface area contributed by atoms with Gasteiger partial charge in [0.2, 0.25) is 0 Å². The van der Waals surface area contributed by atoms with E-state index >= 15 is 0 Å². The lowest BCUT2D eigenvalue weighted by Gasteiger charge is -1.96. The second-order valence-corrected chi connectivity index (χ2v) is 4.33. The Morgan fingerprint density at radius 2 is 1.82 bits per heavy atom. The fraction of sp³-hybridized carbons (Fsp3) is 0.500. The summed E-state index contributed by atoms with van der Waals surface area (Å²) in [6, 6.07) is 6.47. The molecule has 0 aromatic heterocycles. The summed E-state index contributed by atoms with van der Waals surface area (Å²) in [7, 11) is 0. The van der Waals surface area contributed by atoms with Crippen molar-refractivity contribution in [2.75, 3.05) is 0 Å². The van der Waals surface area contributed by atoms with E-state index in [0.717, 1.165) is 18.4 Å². The topological polar surface area (TPSA) is 0 Å². The second-order valence-electron chi connectivity index (χ2n) is 4.33. The Labute approximate surface area is 104 Å². The Hall–Kier alpha value is -1.29. The molecule has 0 fully saturated rings. The summed E-state index contributed by atoms with van der Waals surface area (Å²) in [4.78, 5) is 0. The fourth-order valence-electron chi connectivity index (χ4n) is 1.72. The highest BCUT2D eigenvalue weighted by Crippen LogP contribution is 2.06. The summed E-state index contributed by atoms with van der Waals surface area (Å²) in [6.45, 7) is 2.23. The molecule has 0 heterocycles. The number of hydrogen-bond acceptors (Lipinski definition) is 0. The van der Waals surface area contributed by atoms with Crippen molar-refractivity contribution in [3.63, 3.8) is 0 Å². The summed E-state index contributed by atoms with van der Waals surface area (Å²) in [5.74, 6) is 5.89. The van der Waals surface area contributed by atoms with Gasteiger partial charge in [0.05, 0.1) is 0 Å². The first-order valence-electron chi connectivity index (χ1n) is 6.57. The molecule has 0 saturated carbocycles. The van der Waals surface area contributed by atoms with E-state index in [2.05, 4.69) is 18.8 Å². The van der Waals surface area contributed by atoms with E-state index in [1.807, 2.05) is 6.07 Å². The van der Waals surface area contributed by atoms with Crippen LogP contribution in [-0.4, -0.2) is 0 Å². The first-order chi connectivity index (χ1) is 8.33. The summed E-state index contributed by atoms with van der Waals surface area (Å²) < 4.78 is 12.8. The lowest BCUT2D eigenvalue weighted by atomic mass is 10.1. The summed E-state index contributed by atoms with van der Waals surface area (Å²) in [5.41, 5.74) is 0.774. The van der Waals surface area contributed by atoms with Crippen molar-refractivity contribution in [2.24, 2.45) is 0 Å². The van der Waals surface area contributed by atoms with Crippen molar-refractivity contribution >= 4 is 0 Å². The Bertz CT molecular complexity index is 371. The molecule has 0 saturated heterocycles. The van der Waals surface area contributed by atoms with Crippen LogP contribution < -0.4 is 0 Å². The molecule has 1 aromatic carbocycles. The molecule has 0 nitrogen and oxygen atoms in total. The fourth-order valence-corrected chi connectivity index (χ4v) is 1.72. The summed E-state index contributed by atoms with van der Waals surface area (Å²) in [5, 5.41) is 0. The van der Waals surface area contributed by atoms with Crippen LogP contribution in [-0.2, 0) is 0 Å². The number of halogens is 1. The van der Waals surface area contributed by atoms with Crippen LogP contribution in [0.4, 0.5) is 4.39 Å². The number of rotatable bonds is 6. The molecule has 1 aromatic rings. The van der Waals surface area contributed by atoms with Crippen LogP contribution in [0, 0.1) is 17.7 Å². The molecule has 1 rings (SSSR count). The maximum atomic E-state index is 12.8. The predicted molar refractivity (Wildman–Crippen MR) is 71.3 cm³/mol. The molecule has 0 bridgehead atoms. The van der Waals surface area contributed by atoms with Crippen LogP contribution in [0.1, 0.15) is 57.4 Å². The molecule has 0 radical (unpaired) electrons. The van der Waals surface area contributed by atoms with Gasteiger partial charge in [-0.3, -0.25) is 0 Å². The zero-order valence-corrected chi connectivity index (χ0v) is 10.6. The Kier molecular flexibility index (Phi) is 7.14. The zero-order valence-electron chi connectivity index (χ0n) is 10.6. The Balaban J connectivity index is 2.14. The van der Waals surface area contributed by atoms with Crippen LogP contribution in [0.15, 0.2) is 24.3 Å². The van der Waals surface area contributed by atoms with Crippen LogP contribution in [0.25, 0.3) is 0 Å². The van der Waals surface area contributed by atoms with E-state index in [0.29, 0.717) is 0 Å². The highest BCUT2D eigenvalue weighted by molar-refractivity contribution is 5.34. The van der Waals surface area contributed by atoms with E-state index in [1.165, 1.54) is 44.2 Å². The normalized spacial score (nSPS) is 9.76. The van der Waals surface area contributed by atoms with Gasteiger partial charge >= 0.3 is 0 Å². The van der Waals surface area contributed by atoms with Gasteiger partial charge in [-0.15, -0.1) is 0 Å². The van der Waals surface area contributed by atoms with E-state index < -0.39 is 0 Å². The molecule has 0 atom stereocenters. The molecule has 0 aliphatic rings. The first kappa shape index (κ1) is 13.8.